The monoisotopic (exact) mass is 372 g/mol. The average Bonchev–Trinajstić information content (AvgIpc) is 2.57. The van der Waals surface area contributed by atoms with Crippen LogP contribution in [0.15, 0.2) is 18.3 Å². The summed E-state index contributed by atoms with van der Waals surface area (Å²) in [7, 11) is 3.41. The summed E-state index contributed by atoms with van der Waals surface area (Å²) >= 11 is 0. The molecule has 0 spiro atoms. The van der Waals surface area contributed by atoms with Crippen LogP contribution in [0, 0.1) is 0 Å². The van der Waals surface area contributed by atoms with E-state index < -0.39 is 18.8 Å². The molecule has 12 heteroatoms. The van der Waals surface area contributed by atoms with Crippen LogP contribution in [-0.4, -0.2) is 52.8 Å². The maximum atomic E-state index is 12.1. The molecule has 2 aromatic rings. The largest absolute Gasteiger partial charge is 0.468 e. The molecule has 0 saturated heterocycles. The predicted octanol–water partition coefficient (Wildman–Crippen LogP) is 1.21. The van der Waals surface area contributed by atoms with Crippen molar-refractivity contribution < 1.29 is 27.4 Å². The Labute approximate surface area is 146 Å². The van der Waals surface area contributed by atoms with E-state index in [4.69, 9.17) is 10.5 Å². The molecule has 9 nitrogen and oxygen atoms in total. The van der Waals surface area contributed by atoms with Crippen molar-refractivity contribution in [1.82, 2.24) is 19.9 Å². The third-order valence-electron chi connectivity index (χ3n) is 2.78. The van der Waals surface area contributed by atoms with Crippen molar-refractivity contribution in [2.45, 2.75) is 12.8 Å². The quantitative estimate of drug-likeness (QED) is 0.747. The van der Waals surface area contributed by atoms with Crippen LogP contribution in [-0.2, 0) is 11.3 Å². The van der Waals surface area contributed by atoms with Gasteiger partial charge in [-0.15, -0.1) is 0 Å². The molecule has 0 atom stereocenters. The predicted molar refractivity (Wildman–Crippen MR) is 83.5 cm³/mol. The van der Waals surface area contributed by atoms with E-state index in [0.717, 1.165) is 12.3 Å². The van der Waals surface area contributed by atoms with Crippen LogP contribution in [0.3, 0.4) is 0 Å². The second-order valence-electron chi connectivity index (χ2n) is 5.17. The standard InChI is InChI=1S/C14H15F3N6O3/c1-23(2)13-21-9(20-12(18)22-13)6-25-11(24)8-3-4-10(19-5-8)26-7-14(15,16)17/h3-5H,6-7H2,1-2H3,(H2,18,20,21,22). The van der Waals surface area contributed by atoms with E-state index in [2.05, 4.69) is 24.7 Å². The minimum atomic E-state index is -4.48. The normalized spacial score (nSPS) is 11.1. The molecule has 0 aliphatic carbocycles. The van der Waals surface area contributed by atoms with Gasteiger partial charge in [0.15, 0.2) is 19.0 Å². The van der Waals surface area contributed by atoms with Crippen LogP contribution < -0.4 is 15.4 Å². The van der Waals surface area contributed by atoms with E-state index >= 15 is 0 Å². The highest BCUT2D eigenvalue weighted by molar-refractivity contribution is 5.89. The third kappa shape index (κ3) is 5.72. The number of hydrogen-bond donors (Lipinski definition) is 1. The summed E-state index contributed by atoms with van der Waals surface area (Å²) in [5.41, 5.74) is 5.58. The fraction of sp³-hybridized carbons (Fsp3) is 0.357. The summed E-state index contributed by atoms with van der Waals surface area (Å²) in [6.45, 7) is -1.74. The molecule has 2 heterocycles. The van der Waals surface area contributed by atoms with Gasteiger partial charge in [-0.05, 0) is 6.07 Å². The third-order valence-corrected chi connectivity index (χ3v) is 2.78. The molecule has 0 radical (unpaired) electrons. The zero-order chi connectivity index (χ0) is 19.3. The van der Waals surface area contributed by atoms with Gasteiger partial charge in [-0.2, -0.15) is 28.1 Å². The highest BCUT2D eigenvalue weighted by Gasteiger charge is 2.28. The van der Waals surface area contributed by atoms with Gasteiger partial charge in [0.25, 0.3) is 0 Å². The van der Waals surface area contributed by atoms with Crippen molar-refractivity contribution >= 4 is 17.9 Å². The lowest BCUT2D eigenvalue weighted by molar-refractivity contribution is -0.154. The Morgan fingerprint density at radius 1 is 1.23 bits per heavy atom. The Balaban J connectivity index is 1.96. The highest BCUT2D eigenvalue weighted by Crippen LogP contribution is 2.17. The number of alkyl halides is 3. The Bertz CT molecular complexity index is 768. The number of nitrogens with zero attached hydrogens (tertiary/aromatic N) is 5. The van der Waals surface area contributed by atoms with Gasteiger partial charge in [0.2, 0.25) is 17.8 Å². The van der Waals surface area contributed by atoms with Crippen LogP contribution in [0.2, 0.25) is 0 Å². The zero-order valence-electron chi connectivity index (χ0n) is 13.8. The lowest BCUT2D eigenvalue weighted by Crippen LogP contribution is -2.19. The highest BCUT2D eigenvalue weighted by atomic mass is 19.4. The van der Waals surface area contributed by atoms with E-state index in [0.29, 0.717) is 5.95 Å². The van der Waals surface area contributed by atoms with Crippen molar-refractivity contribution in [2.24, 2.45) is 0 Å². The van der Waals surface area contributed by atoms with Crippen LogP contribution in [0.1, 0.15) is 16.2 Å². The average molecular weight is 372 g/mol. The van der Waals surface area contributed by atoms with Gasteiger partial charge in [0.1, 0.15) is 0 Å². The van der Waals surface area contributed by atoms with Gasteiger partial charge < -0.3 is 20.1 Å². The summed E-state index contributed by atoms with van der Waals surface area (Å²) in [5.74, 6) is -0.600. The summed E-state index contributed by atoms with van der Waals surface area (Å²) in [6, 6.07) is 2.36. The number of esters is 1. The van der Waals surface area contributed by atoms with Gasteiger partial charge in [-0.25, -0.2) is 9.78 Å². The molecular formula is C14H15F3N6O3. The van der Waals surface area contributed by atoms with Gasteiger partial charge in [-0.3, -0.25) is 0 Å². The number of halogens is 3. The van der Waals surface area contributed by atoms with Crippen LogP contribution in [0.4, 0.5) is 25.1 Å². The number of carbonyl (C=O) groups is 1. The van der Waals surface area contributed by atoms with Crippen molar-refractivity contribution in [1.29, 1.82) is 0 Å². The maximum Gasteiger partial charge on any atom is 0.422 e. The molecule has 0 aromatic carbocycles. The van der Waals surface area contributed by atoms with Crippen molar-refractivity contribution in [2.75, 3.05) is 31.3 Å². The first-order chi connectivity index (χ1) is 12.1. The molecule has 26 heavy (non-hydrogen) atoms. The molecule has 0 aliphatic heterocycles. The molecule has 0 saturated carbocycles. The fourth-order valence-electron chi connectivity index (χ4n) is 1.65. The van der Waals surface area contributed by atoms with Gasteiger partial charge in [-0.1, -0.05) is 0 Å². The Hall–Kier alpha value is -3.18. The van der Waals surface area contributed by atoms with E-state index in [1.54, 1.807) is 19.0 Å². The second kappa shape index (κ2) is 7.80. The summed E-state index contributed by atoms with van der Waals surface area (Å²) in [4.78, 5) is 29.0. The van der Waals surface area contributed by atoms with Gasteiger partial charge >= 0.3 is 12.1 Å². The minimum Gasteiger partial charge on any atom is -0.468 e. The zero-order valence-corrected chi connectivity index (χ0v) is 13.8. The molecule has 2 N–H and O–H groups in total. The number of nitrogen functional groups attached to an aromatic ring is 1. The molecule has 0 unspecified atom stereocenters. The van der Waals surface area contributed by atoms with E-state index in [1.165, 1.54) is 6.07 Å². The van der Waals surface area contributed by atoms with E-state index in [9.17, 15) is 18.0 Å². The first-order valence-corrected chi connectivity index (χ1v) is 7.14. The van der Waals surface area contributed by atoms with Crippen molar-refractivity contribution in [3.8, 4) is 5.88 Å². The maximum absolute atomic E-state index is 12.1. The number of pyridine rings is 1. The lowest BCUT2D eigenvalue weighted by Gasteiger charge is -2.11. The molecule has 0 amide bonds. The Morgan fingerprint density at radius 2 is 1.96 bits per heavy atom. The SMILES string of the molecule is CN(C)c1nc(N)nc(COC(=O)c2ccc(OCC(F)(F)F)nc2)n1. The molecule has 140 valence electrons. The summed E-state index contributed by atoms with van der Waals surface area (Å²) in [6.07, 6.45) is -3.43. The number of ether oxygens (including phenoxy) is 2. The summed E-state index contributed by atoms with van der Waals surface area (Å²) < 4.78 is 45.7. The molecule has 2 rings (SSSR count). The van der Waals surface area contributed by atoms with Crippen molar-refractivity contribution in [3.05, 3.63) is 29.7 Å². The number of hydrogen-bond acceptors (Lipinski definition) is 9. The molecule has 2 aromatic heterocycles. The number of rotatable bonds is 6. The molecule has 0 fully saturated rings. The molecule has 0 aliphatic rings. The summed E-state index contributed by atoms with van der Waals surface area (Å²) in [5, 5.41) is 0. The van der Waals surface area contributed by atoms with Crippen molar-refractivity contribution in [3.63, 3.8) is 0 Å². The second-order valence-corrected chi connectivity index (χ2v) is 5.17. The lowest BCUT2D eigenvalue weighted by atomic mass is 10.3. The van der Waals surface area contributed by atoms with Crippen LogP contribution >= 0.6 is 0 Å². The topological polar surface area (TPSA) is 116 Å². The molecular weight excluding hydrogens is 357 g/mol. The van der Waals surface area contributed by atoms with Crippen LogP contribution in [0.25, 0.3) is 0 Å². The van der Waals surface area contributed by atoms with Crippen LogP contribution in [0.5, 0.6) is 5.88 Å². The first kappa shape index (κ1) is 19.1. The van der Waals surface area contributed by atoms with E-state index in [-0.39, 0.29) is 29.8 Å². The smallest absolute Gasteiger partial charge is 0.422 e. The first-order valence-electron chi connectivity index (χ1n) is 7.14. The number of aromatic nitrogens is 4. The van der Waals surface area contributed by atoms with Gasteiger partial charge in [0.05, 0.1) is 5.56 Å². The van der Waals surface area contributed by atoms with Gasteiger partial charge in [0, 0.05) is 26.4 Å². The Morgan fingerprint density at radius 3 is 2.54 bits per heavy atom. The number of anilines is 2. The van der Waals surface area contributed by atoms with E-state index in [1.807, 2.05) is 0 Å². The molecule has 0 bridgehead atoms. The minimum absolute atomic E-state index is 0.0254. The number of carbonyl (C=O) groups excluding carboxylic acids is 1. The number of nitrogens with two attached hydrogens (primary N) is 1. The Kier molecular flexibility index (Phi) is 5.75. The fourth-order valence-corrected chi connectivity index (χ4v) is 1.65.